The summed E-state index contributed by atoms with van der Waals surface area (Å²) in [6.45, 7) is 2.33. The van der Waals surface area contributed by atoms with Crippen LogP contribution in [0.5, 0.6) is 0 Å². The molecule has 0 aliphatic carbocycles. The molecular weight excluding hydrogens is 334 g/mol. The molecule has 24 heavy (non-hydrogen) atoms. The first-order valence-electron chi connectivity index (χ1n) is 7.68. The Morgan fingerprint density at radius 2 is 1.50 bits per heavy atom. The van der Waals surface area contributed by atoms with Gasteiger partial charge >= 0.3 is 0 Å². The second-order valence-electron chi connectivity index (χ2n) is 5.74. The lowest BCUT2D eigenvalue weighted by molar-refractivity contribution is 0.181. The predicted octanol–water partition coefficient (Wildman–Crippen LogP) is 2.47. The third-order valence-corrected chi connectivity index (χ3v) is 6.04. The minimum Gasteiger partial charge on any atom is -0.296 e. The van der Waals surface area contributed by atoms with Crippen molar-refractivity contribution in [3.63, 3.8) is 0 Å². The Labute approximate surface area is 140 Å². The van der Waals surface area contributed by atoms with Crippen LogP contribution in [-0.2, 0) is 16.6 Å². The maximum Gasteiger partial charge on any atom is 0.246 e. The average molecular weight is 352 g/mol. The van der Waals surface area contributed by atoms with Gasteiger partial charge in [-0.25, -0.2) is 17.2 Å². The van der Waals surface area contributed by atoms with Gasteiger partial charge in [-0.3, -0.25) is 4.90 Å². The first-order chi connectivity index (χ1) is 11.5. The molecule has 4 nitrogen and oxygen atoms in total. The number of benzene rings is 2. The predicted molar refractivity (Wildman–Crippen MR) is 86.8 cm³/mol. The van der Waals surface area contributed by atoms with E-state index >= 15 is 0 Å². The van der Waals surface area contributed by atoms with E-state index in [0.29, 0.717) is 32.7 Å². The molecule has 3 rings (SSSR count). The highest BCUT2D eigenvalue weighted by atomic mass is 32.2. The molecule has 0 radical (unpaired) electrons. The van der Waals surface area contributed by atoms with E-state index in [9.17, 15) is 17.2 Å². The molecule has 0 amide bonds. The van der Waals surface area contributed by atoms with Crippen LogP contribution in [0.25, 0.3) is 0 Å². The van der Waals surface area contributed by atoms with Crippen LogP contribution in [0.3, 0.4) is 0 Å². The lowest BCUT2D eigenvalue weighted by Gasteiger charge is -2.34. The van der Waals surface area contributed by atoms with Crippen molar-refractivity contribution in [3.05, 3.63) is 65.7 Å². The maximum atomic E-state index is 13.8. The Kier molecular flexibility index (Phi) is 4.93. The summed E-state index contributed by atoms with van der Waals surface area (Å²) in [7, 11) is -3.81. The number of nitrogens with zero attached hydrogens (tertiary/aromatic N) is 2. The second kappa shape index (κ2) is 6.96. The number of rotatable bonds is 4. The van der Waals surface area contributed by atoms with Gasteiger partial charge in [-0.05, 0) is 29.8 Å². The van der Waals surface area contributed by atoms with Gasteiger partial charge in [0.1, 0.15) is 16.5 Å². The fraction of sp³-hybridized carbons (Fsp3) is 0.294. The Hall–Kier alpha value is -1.83. The fourth-order valence-electron chi connectivity index (χ4n) is 2.77. The SMILES string of the molecule is O=S(=O)(c1ccccc1F)N1CCN(Cc2ccc(F)cc2)CC1. The van der Waals surface area contributed by atoms with E-state index in [1.807, 2.05) is 0 Å². The zero-order valence-corrected chi connectivity index (χ0v) is 13.8. The monoisotopic (exact) mass is 352 g/mol. The Morgan fingerprint density at radius 3 is 2.12 bits per heavy atom. The minimum atomic E-state index is -3.81. The van der Waals surface area contributed by atoms with Gasteiger partial charge in [0.2, 0.25) is 10.0 Å². The highest BCUT2D eigenvalue weighted by Crippen LogP contribution is 2.21. The summed E-state index contributed by atoms with van der Waals surface area (Å²) in [5.74, 6) is -1.01. The topological polar surface area (TPSA) is 40.6 Å². The van der Waals surface area contributed by atoms with E-state index in [4.69, 9.17) is 0 Å². The van der Waals surface area contributed by atoms with E-state index in [-0.39, 0.29) is 10.7 Å². The van der Waals surface area contributed by atoms with Crippen LogP contribution in [0.2, 0.25) is 0 Å². The first-order valence-corrected chi connectivity index (χ1v) is 9.12. The molecule has 1 heterocycles. The van der Waals surface area contributed by atoms with Crippen molar-refractivity contribution in [2.45, 2.75) is 11.4 Å². The molecule has 0 N–H and O–H groups in total. The van der Waals surface area contributed by atoms with E-state index in [1.165, 1.54) is 34.6 Å². The molecule has 2 aromatic carbocycles. The largest absolute Gasteiger partial charge is 0.296 e. The molecular formula is C17H18F2N2O2S. The molecule has 2 aromatic rings. The Morgan fingerprint density at radius 1 is 0.875 bits per heavy atom. The Balaban J connectivity index is 1.64. The van der Waals surface area contributed by atoms with Crippen molar-refractivity contribution >= 4 is 10.0 Å². The van der Waals surface area contributed by atoms with E-state index in [2.05, 4.69) is 4.90 Å². The number of hydrogen-bond donors (Lipinski definition) is 0. The van der Waals surface area contributed by atoms with Gasteiger partial charge in [-0.15, -0.1) is 0 Å². The average Bonchev–Trinajstić information content (AvgIpc) is 2.58. The third-order valence-electron chi connectivity index (χ3n) is 4.11. The molecule has 0 atom stereocenters. The van der Waals surface area contributed by atoms with Gasteiger partial charge in [0, 0.05) is 32.7 Å². The van der Waals surface area contributed by atoms with E-state index in [1.54, 1.807) is 12.1 Å². The van der Waals surface area contributed by atoms with Gasteiger partial charge in [0.05, 0.1) is 0 Å². The lowest BCUT2D eigenvalue weighted by atomic mass is 10.2. The van der Waals surface area contributed by atoms with Crippen molar-refractivity contribution in [2.24, 2.45) is 0 Å². The van der Waals surface area contributed by atoms with Crippen molar-refractivity contribution in [1.29, 1.82) is 0 Å². The molecule has 1 fully saturated rings. The molecule has 1 saturated heterocycles. The van der Waals surface area contributed by atoms with Crippen LogP contribution in [0.15, 0.2) is 53.4 Å². The molecule has 1 aliphatic rings. The van der Waals surface area contributed by atoms with Gasteiger partial charge in [0.25, 0.3) is 0 Å². The molecule has 128 valence electrons. The van der Waals surface area contributed by atoms with Crippen LogP contribution >= 0.6 is 0 Å². The van der Waals surface area contributed by atoms with Gasteiger partial charge in [-0.2, -0.15) is 4.31 Å². The van der Waals surface area contributed by atoms with Gasteiger partial charge in [0.15, 0.2) is 0 Å². The van der Waals surface area contributed by atoms with Crippen LogP contribution in [0, 0.1) is 11.6 Å². The molecule has 0 bridgehead atoms. The summed E-state index contributed by atoms with van der Waals surface area (Å²) in [5, 5.41) is 0. The van der Waals surface area contributed by atoms with Gasteiger partial charge < -0.3 is 0 Å². The van der Waals surface area contributed by atoms with Crippen molar-refractivity contribution in [2.75, 3.05) is 26.2 Å². The van der Waals surface area contributed by atoms with Gasteiger partial charge in [-0.1, -0.05) is 24.3 Å². The lowest BCUT2D eigenvalue weighted by Crippen LogP contribution is -2.48. The van der Waals surface area contributed by atoms with Crippen molar-refractivity contribution < 1.29 is 17.2 Å². The summed E-state index contributed by atoms with van der Waals surface area (Å²) in [4.78, 5) is 1.82. The zero-order chi connectivity index (χ0) is 17.2. The first kappa shape index (κ1) is 17.0. The second-order valence-corrected chi connectivity index (χ2v) is 7.64. The molecule has 0 spiro atoms. The smallest absolute Gasteiger partial charge is 0.246 e. The Bertz CT molecular complexity index is 802. The maximum absolute atomic E-state index is 13.8. The molecule has 7 heteroatoms. The zero-order valence-electron chi connectivity index (χ0n) is 13.0. The van der Waals surface area contributed by atoms with Crippen LogP contribution in [0.1, 0.15) is 5.56 Å². The molecule has 0 saturated carbocycles. The normalized spacial score (nSPS) is 17.1. The van der Waals surface area contributed by atoms with Crippen molar-refractivity contribution in [1.82, 2.24) is 9.21 Å². The molecule has 0 aromatic heterocycles. The summed E-state index contributed by atoms with van der Waals surface area (Å²) in [6, 6.07) is 11.7. The summed E-state index contributed by atoms with van der Waals surface area (Å²) in [5.41, 5.74) is 0.974. The van der Waals surface area contributed by atoms with Crippen LogP contribution < -0.4 is 0 Å². The summed E-state index contributed by atoms with van der Waals surface area (Å²) in [6.07, 6.45) is 0. The summed E-state index contributed by atoms with van der Waals surface area (Å²) >= 11 is 0. The van der Waals surface area contributed by atoms with Crippen LogP contribution in [0.4, 0.5) is 8.78 Å². The quantitative estimate of drug-likeness (QED) is 0.849. The number of hydrogen-bond acceptors (Lipinski definition) is 3. The standard InChI is InChI=1S/C17H18F2N2O2S/c18-15-7-5-14(6-8-15)13-20-9-11-21(12-10-20)24(22,23)17-4-2-1-3-16(17)19/h1-8H,9-13H2. The number of sulfonamides is 1. The third kappa shape index (κ3) is 3.63. The minimum absolute atomic E-state index is 0.278. The highest BCUT2D eigenvalue weighted by Gasteiger charge is 2.30. The van der Waals surface area contributed by atoms with Crippen LogP contribution in [-0.4, -0.2) is 43.8 Å². The molecule has 0 unspecified atom stereocenters. The number of piperazine rings is 1. The summed E-state index contributed by atoms with van der Waals surface area (Å²) < 4.78 is 53.1. The van der Waals surface area contributed by atoms with E-state index < -0.39 is 15.8 Å². The fourth-order valence-corrected chi connectivity index (χ4v) is 4.26. The van der Waals surface area contributed by atoms with E-state index in [0.717, 1.165) is 11.6 Å². The van der Waals surface area contributed by atoms with Crippen molar-refractivity contribution in [3.8, 4) is 0 Å². The highest BCUT2D eigenvalue weighted by molar-refractivity contribution is 7.89. The number of halogens is 2. The molecule has 1 aliphatic heterocycles.